The molecule has 7 heteroatoms. The van der Waals surface area contributed by atoms with Crippen molar-refractivity contribution in [1.82, 2.24) is 4.57 Å². The lowest BCUT2D eigenvalue weighted by molar-refractivity contribution is -0.143. The van der Waals surface area contributed by atoms with E-state index in [1.165, 1.54) is 14.2 Å². The number of carbonyl (C=O) groups is 1. The van der Waals surface area contributed by atoms with Gasteiger partial charge in [0, 0.05) is 11.8 Å². The topological polar surface area (TPSA) is 76.0 Å². The van der Waals surface area contributed by atoms with Crippen molar-refractivity contribution in [2.45, 2.75) is 13.5 Å². The van der Waals surface area contributed by atoms with Gasteiger partial charge in [-0.1, -0.05) is 12.1 Å². The van der Waals surface area contributed by atoms with Crippen LogP contribution in [0.4, 0.5) is 0 Å². The van der Waals surface area contributed by atoms with Gasteiger partial charge in [-0.15, -0.1) is 0 Å². The highest BCUT2D eigenvalue weighted by Crippen LogP contribution is 2.33. The number of fused-ring (bicyclic) bond motifs is 1. The zero-order valence-electron chi connectivity index (χ0n) is 16.9. The molecule has 1 heterocycles. The summed E-state index contributed by atoms with van der Waals surface area (Å²) in [6.07, 6.45) is 1.64. The molecule has 2 aromatic carbocycles. The maximum Gasteiger partial charge on any atom is 0.325 e. The van der Waals surface area contributed by atoms with Crippen LogP contribution in [0.15, 0.2) is 47.4 Å². The van der Waals surface area contributed by atoms with Gasteiger partial charge in [-0.2, -0.15) is 0 Å². The first-order valence-electron chi connectivity index (χ1n) is 9.12. The number of hydrogen-bond acceptors (Lipinski definition) is 6. The average molecular weight is 397 g/mol. The van der Waals surface area contributed by atoms with E-state index < -0.39 is 5.97 Å². The highest BCUT2D eigenvalue weighted by molar-refractivity contribution is 5.94. The molecule has 0 atom stereocenters. The molecule has 7 nitrogen and oxygen atoms in total. The molecular weight excluding hydrogens is 374 g/mol. The van der Waals surface area contributed by atoms with Crippen molar-refractivity contribution in [2.24, 2.45) is 0 Å². The van der Waals surface area contributed by atoms with Crippen LogP contribution < -0.4 is 19.6 Å². The zero-order chi connectivity index (χ0) is 21.0. The maximum atomic E-state index is 13.4. The predicted octanol–water partition coefficient (Wildman–Crippen LogP) is 3.26. The SMILES string of the molecule is CCOC(=O)Cn1cc(-c2ccc(OC)cc2)c(=O)c2c(OC)ccc(OC)c21. The third-order valence-corrected chi connectivity index (χ3v) is 4.59. The van der Waals surface area contributed by atoms with Gasteiger partial charge in [0.2, 0.25) is 5.43 Å². The summed E-state index contributed by atoms with van der Waals surface area (Å²) in [7, 11) is 4.59. The number of carbonyl (C=O) groups excluding carboxylic acids is 1. The Morgan fingerprint density at radius 3 is 2.17 bits per heavy atom. The van der Waals surface area contributed by atoms with Crippen molar-refractivity contribution >= 4 is 16.9 Å². The first kappa shape index (κ1) is 20.3. The molecule has 0 aliphatic carbocycles. The molecule has 0 saturated carbocycles. The van der Waals surface area contributed by atoms with Gasteiger partial charge in [-0.25, -0.2) is 0 Å². The van der Waals surface area contributed by atoms with Crippen LogP contribution >= 0.6 is 0 Å². The summed E-state index contributed by atoms with van der Waals surface area (Å²) in [5.41, 5.74) is 1.37. The summed E-state index contributed by atoms with van der Waals surface area (Å²) < 4.78 is 22.9. The van der Waals surface area contributed by atoms with Crippen LogP contribution in [0, 0.1) is 0 Å². The molecule has 0 amide bonds. The monoisotopic (exact) mass is 397 g/mol. The summed E-state index contributed by atoms with van der Waals surface area (Å²) in [5, 5.41) is 0.337. The molecule has 0 N–H and O–H groups in total. The van der Waals surface area contributed by atoms with Gasteiger partial charge in [-0.05, 0) is 36.8 Å². The first-order chi connectivity index (χ1) is 14.0. The molecule has 152 valence electrons. The molecule has 0 spiro atoms. The van der Waals surface area contributed by atoms with Crippen LogP contribution in [0.1, 0.15) is 6.92 Å². The molecular formula is C22H23NO6. The van der Waals surface area contributed by atoms with E-state index in [2.05, 4.69) is 0 Å². The second-order valence-corrected chi connectivity index (χ2v) is 6.23. The minimum Gasteiger partial charge on any atom is -0.497 e. The summed E-state index contributed by atoms with van der Waals surface area (Å²) in [6, 6.07) is 10.5. The Morgan fingerprint density at radius 1 is 0.931 bits per heavy atom. The molecule has 0 radical (unpaired) electrons. The number of nitrogens with zero attached hydrogens (tertiary/aromatic N) is 1. The highest BCUT2D eigenvalue weighted by Gasteiger charge is 2.20. The summed E-state index contributed by atoms with van der Waals surface area (Å²) in [5.74, 6) is 1.13. The van der Waals surface area contributed by atoms with Gasteiger partial charge in [0.25, 0.3) is 0 Å². The van der Waals surface area contributed by atoms with Gasteiger partial charge < -0.3 is 23.5 Å². The smallest absolute Gasteiger partial charge is 0.325 e. The molecule has 1 aromatic heterocycles. The number of pyridine rings is 1. The average Bonchev–Trinajstić information content (AvgIpc) is 2.75. The first-order valence-corrected chi connectivity index (χ1v) is 9.12. The minimum atomic E-state index is -0.414. The molecule has 0 unspecified atom stereocenters. The number of methoxy groups -OCH3 is 3. The molecule has 0 bridgehead atoms. The van der Waals surface area contributed by atoms with Crippen molar-refractivity contribution in [3.63, 3.8) is 0 Å². The summed E-state index contributed by atoms with van der Waals surface area (Å²) in [4.78, 5) is 25.6. The fraction of sp³-hybridized carbons (Fsp3) is 0.273. The Kier molecular flexibility index (Phi) is 6.07. The second kappa shape index (κ2) is 8.68. The van der Waals surface area contributed by atoms with E-state index >= 15 is 0 Å². The van der Waals surface area contributed by atoms with Gasteiger partial charge in [0.05, 0.1) is 38.8 Å². The number of rotatable bonds is 7. The van der Waals surface area contributed by atoms with Crippen LogP contribution in [-0.4, -0.2) is 38.5 Å². The number of hydrogen-bond donors (Lipinski definition) is 0. The Bertz CT molecular complexity index is 1090. The molecule has 0 saturated heterocycles. The molecule has 0 fully saturated rings. The predicted molar refractivity (Wildman–Crippen MR) is 110 cm³/mol. The molecule has 29 heavy (non-hydrogen) atoms. The lowest BCUT2D eigenvalue weighted by Gasteiger charge is -2.17. The molecule has 0 aliphatic rings. The minimum absolute atomic E-state index is 0.0721. The van der Waals surface area contributed by atoms with Crippen LogP contribution in [0.5, 0.6) is 17.2 Å². The van der Waals surface area contributed by atoms with Crippen molar-refractivity contribution in [1.29, 1.82) is 0 Å². The third-order valence-electron chi connectivity index (χ3n) is 4.59. The second-order valence-electron chi connectivity index (χ2n) is 6.23. The lowest BCUT2D eigenvalue weighted by atomic mass is 10.0. The molecule has 3 aromatic rings. The third kappa shape index (κ3) is 3.89. The Balaban J connectivity index is 2.33. The standard InChI is InChI=1S/C22H23NO6/c1-5-29-19(24)13-23-12-16(14-6-8-15(26-2)9-7-14)22(25)20-17(27-3)10-11-18(28-4)21(20)23/h6-12H,5,13H2,1-4H3. The van der Waals surface area contributed by atoms with E-state index in [-0.39, 0.29) is 18.6 Å². The van der Waals surface area contributed by atoms with E-state index in [0.29, 0.717) is 39.3 Å². The van der Waals surface area contributed by atoms with Crippen LogP contribution in [-0.2, 0) is 16.1 Å². The Labute approximate surface area is 168 Å². The summed E-state index contributed by atoms with van der Waals surface area (Å²) in [6.45, 7) is 1.94. The fourth-order valence-electron chi connectivity index (χ4n) is 3.25. The number of ether oxygens (including phenoxy) is 4. The maximum absolute atomic E-state index is 13.4. The van der Waals surface area contributed by atoms with Crippen molar-refractivity contribution in [3.05, 3.63) is 52.8 Å². The highest BCUT2D eigenvalue weighted by atomic mass is 16.5. The van der Waals surface area contributed by atoms with Gasteiger partial charge >= 0.3 is 5.97 Å². The van der Waals surface area contributed by atoms with Crippen LogP contribution in [0.2, 0.25) is 0 Å². The Morgan fingerprint density at radius 2 is 1.59 bits per heavy atom. The summed E-state index contributed by atoms with van der Waals surface area (Å²) >= 11 is 0. The van der Waals surface area contributed by atoms with Gasteiger partial charge in [0.1, 0.15) is 23.8 Å². The van der Waals surface area contributed by atoms with E-state index in [1.54, 1.807) is 61.2 Å². The largest absolute Gasteiger partial charge is 0.497 e. The van der Waals surface area contributed by atoms with Crippen molar-refractivity contribution in [2.75, 3.05) is 27.9 Å². The Hall–Kier alpha value is -3.48. The normalized spacial score (nSPS) is 10.6. The van der Waals surface area contributed by atoms with E-state index in [1.807, 2.05) is 0 Å². The molecule has 0 aliphatic heterocycles. The van der Waals surface area contributed by atoms with Crippen LogP contribution in [0.25, 0.3) is 22.0 Å². The lowest BCUT2D eigenvalue weighted by Crippen LogP contribution is -2.19. The van der Waals surface area contributed by atoms with E-state index in [9.17, 15) is 9.59 Å². The molecule has 3 rings (SSSR count). The van der Waals surface area contributed by atoms with Gasteiger partial charge in [-0.3, -0.25) is 9.59 Å². The fourth-order valence-corrected chi connectivity index (χ4v) is 3.25. The van der Waals surface area contributed by atoms with E-state index in [0.717, 1.165) is 0 Å². The number of esters is 1. The quantitative estimate of drug-likeness (QED) is 0.570. The number of aromatic nitrogens is 1. The van der Waals surface area contributed by atoms with Crippen molar-refractivity contribution < 1.29 is 23.7 Å². The van der Waals surface area contributed by atoms with E-state index in [4.69, 9.17) is 18.9 Å². The zero-order valence-corrected chi connectivity index (χ0v) is 16.9. The van der Waals surface area contributed by atoms with Crippen LogP contribution in [0.3, 0.4) is 0 Å². The van der Waals surface area contributed by atoms with Gasteiger partial charge in [0.15, 0.2) is 0 Å². The van der Waals surface area contributed by atoms with Crippen molar-refractivity contribution in [3.8, 4) is 28.4 Å². The number of benzene rings is 2.